The van der Waals surface area contributed by atoms with Gasteiger partial charge in [0.1, 0.15) is 17.3 Å². The second-order valence-electron chi connectivity index (χ2n) is 11.0. The van der Waals surface area contributed by atoms with Crippen LogP contribution in [0.3, 0.4) is 0 Å². The van der Waals surface area contributed by atoms with Crippen molar-refractivity contribution in [1.82, 2.24) is 10.6 Å². The fraction of sp³-hybridized carbons (Fsp3) is 0.400. The van der Waals surface area contributed by atoms with Crippen molar-refractivity contribution < 1.29 is 62.2 Å². The first-order valence-electron chi connectivity index (χ1n) is 16.1. The normalized spacial score (nSPS) is 19.2. The summed E-state index contributed by atoms with van der Waals surface area (Å²) in [5, 5.41) is 4.55. The van der Waals surface area contributed by atoms with Crippen LogP contribution in [-0.4, -0.2) is 77.0 Å². The standard InChI is InChI=1S/2C11H11NO4.C6H9NO2.C5H3ClO2.CH3F.CH4.ClH/c2*13-7-3-4-8(9(14)6-7)12-11(15)10-2-1-5-16-10;7-5-2-1-4(8)3-6(5)9;6-5(7)4-2-1-3-8-4;1-2;;/h2*1-2,5,8H,3-4,6H2,(H,12,15);5H,1-3,7H2;1-3H;1H3;1H4;1H/i;;;;1D;;. The molecular weight excluding hydrogens is 744 g/mol. The Morgan fingerprint density at radius 2 is 1.04 bits per heavy atom. The lowest BCUT2D eigenvalue weighted by atomic mass is 9.93. The van der Waals surface area contributed by atoms with Crippen LogP contribution >= 0.6 is 24.0 Å². The molecule has 0 saturated heterocycles. The molecule has 4 N–H and O–H groups in total. The number of hydrogen-bond donors (Lipinski definition) is 3. The molecule has 3 aromatic rings. The van der Waals surface area contributed by atoms with Crippen molar-refractivity contribution in [2.75, 3.05) is 7.15 Å². The zero-order chi connectivity index (χ0) is 38.6. The van der Waals surface area contributed by atoms with Gasteiger partial charge in [-0.3, -0.25) is 47.5 Å². The minimum atomic E-state index is -1.00. The van der Waals surface area contributed by atoms with E-state index in [0.29, 0.717) is 38.5 Å². The number of alkyl halides is 1. The lowest BCUT2D eigenvalue weighted by Crippen LogP contribution is -2.44. The molecule has 3 fully saturated rings. The Kier molecular flexibility index (Phi) is 21.7. The first-order valence-corrected chi connectivity index (χ1v) is 15.8. The van der Waals surface area contributed by atoms with E-state index in [2.05, 4.69) is 15.1 Å². The summed E-state index contributed by atoms with van der Waals surface area (Å²) >= 11 is 5.01. The van der Waals surface area contributed by atoms with Crippen LogP contribution in [0.2, 0.25) is 0 Å². The van der Waals surface area contributed by atoms with E-state index in [1.807, 2.05) is 0 Å². The van der Waals surface area contributed by atoms with Crippen LogP contribution in [-0.2, 0) is 28.8 Å². The first-order chi connectivity index (χ1) is 24.7. The van der Waals surface area contributed by atoms with E-state index in [1.54, 1.807) is 18.2 Å². The minimum Gasteiger partial charge on any atom is -0.460 e. The lowest BCUT2D eigenvalue weighted by Gasteiger charge is -2.20. The monoisotopic (exact) mass is 786 g/mol. The third-order valence-corrected chi connectivity index (χ3v) is 7.46. The van der Waals surface area contributed by atoms with Crippen molar-refractivity contribution in [3.63, 3.8) is 0 Å². The Morgan fingerprint density at radius 1 is 0.698 bits per heavy atom. The van der Waals surface area contributed by atoms with Gasteiger partial charge in [-0.25, -0.2) is 0 Å². The van der Waals surface area contributed by atoms with Gasteiger partial charge in [-0.1, -0.05) is 7.43 Å². The average Bonchev–Trinajstić information content (AvgIpc) is 3.91. The van der Waals surface area contributed by atoms with Gasteiger partial charge in [-0.2, -0.15) is 0 Å². The van der Waals surface area contributed by atoms with E-state index in [1.165, 1.54) is 37.0 Å². The fourth-order valence-corrected chi connectivity index (χ4v) is 4.71. The molecular formula is C35H42Cl2FN3O12. The predicted octanol–water partition coefficient (Wildman–Crippen LogP) is 4.34. The van der Waals surface area contributed by atoms with Gasteiger partial charge in [-0.15, -0.1) is 12.4 Å². The molecule has 53 heavy (non-hydrogen) atoms. The molecule has 0 aromatic carbocycles. The zero-order valence-corrected chi connectivity index (χ0v) is 29.2. The molecule has 18 heteroatoms. The maximum Gasteiger partial charge on any atom is 0.287 e. The molecule has 3 atom stereocenters. The number of hydrogen-bond acceptors (Lipinski definition) is 13. The molecule has 0 radical (unpaired) electrons. The van der Waals surface area contributed by atoms with Gasteiger partial charge in [0.2, 0.25) is 0 Å². The summed E-state index contributed by atoms with van der Waals surface area (Å²) in [4.78, 5) is 99.3. The van der Waals surface area contributed by atoms with Crippen LogP contribution in [0, 0.1) is 0 Å². The quantitative estimate of drug-likeness (QED) is 0.241. The Hall–Kier alpha value is -5.06. The van der Waals surface area contributed by atoms with Gasteiger partial charge in [0.15, 0.2) is 34.6 Å². The van der Waals surface area contributed by atoms with E-state index < -0.39 is 36.3 Å². The van der Waals surface area contributed by atoms with Crippen molar-refractivity contribution in [2.45, 2.75) is 83.3 Å². The van der Waals surface area contributed by atoms with Crippen LogP contribution in [0.1, 0.15) is 98.2 Å². The van der Waals surface area contributed by atoms with Crippen molar-refractivity contribution in [3.05, 3.63) is 72.5 Å². The van der Waals surface area contributed by atoms with Crippen molar-refractivity contribution in [3.8, 4) is 0 Å². The Morgan fingerprint density at radius 3 is 1.30 bits per heavy atom. The minimum absolute atomic E-state index is 0. The fourth-order valence-electron chi connectivity index (χ4n) is 4.61. The lowest BCUT2D eigenvalue weighted by molar-refractivity contribution is -0.132. The highest BCUT2D eigenvalue weighted by molar-refractivity contribution is 6.67. The van der Waals surface area contributed by atoms with Gasteiger partial charge >= 0.3 is 0 Å². The number of carbonyl (C=O) groups excluding carboxylic acids is 9. The number of nitrogens with one attached hydrogen (secondary N) is 2. The molecule has 3 aliphatic carbocycles. The Labute approximate surface area is 316 Å². The van der Waals surface area contributed by atoms with E-state index >= 15 is 0 Å². The van der Waals surface area contributed by atoms with Gasteiger partial charge in [-0.05, 0) is 67.3 Å². The molecule has 0 bridgehead atoms. The van der Waals surface area contributed by atoms with Crippen molar-refractivity contribution in [2.24, 2.45) is 5.73 Å². The van der Waals surface area contributed by atoms with Crippen LogP contribution < -0.4 is 16.4 Å². The Balaban J connectivity index is 0.000000693. The van der Waals surface area contributed by atoms with Gasteiger partial charge < -0.3 is 29.6 Å². The maximum atomic E-state index is 11.6. The molecule has 290 valence electrons. The summed E-state index contributed by atoms with van der Waals surface area (Å²) in [6.07, 6.45) is 6.54. The number of carbonyl (C=O) groups is 9. The molecule has 3 saturated carbocycles. The van der Waals surface area contributed by atoms with Gasteiger partial charge in [0.25, 0.3) is 17.1 Å². The largest absolute Gasteiger partial charge is 0.460 e. The van der Waals surface area contributed by atoms with Gasteiger partial charge in [0.05, 0.1) is 64.7 Å². The number of amides is 2. The molecule has 2 amide bonds. The topological polar surface area (TPSA) is 243 Å². The second kappa shape index (κ2) is 25.0. The van der Waals surface area contributed by atoms with Crippen LogP contribution in [0.4, 0.5) is 4.39 Å². The van der Waals surface area contributed by atoms with Crippen molar-refractivity contribution in [1.29, 1.82) is 0 Å². The van der Waals surface area contributed by atoms with Crippen LogP contribution in [0.15, 0.2) is 68.4 Å². The molecule has 3 aliphatic rings. The van der Waals surface area contributed by atoms with E-state index in [9.17, 15) is 47.5 Å². The molecule has 6 rings (SSSR count). The summed E-state index contributed by atoms with van der Waals surface area (Å²) in [5.41, 5.74) is 5.34. The number of rotatable bonds is 5. The molecule has 3 unspecified atom stereocenters. The number of ketones is 6. The highest BCUT2D eigenvalue weighted by Crippen LogP contribution is 2.14. The molecule has 0 aliphatic heterocycles. The summed E-state index contributed by atoms with van der Waals surface area (Å²) in [7, 11) is -1.00. The third kappa shape index (κ3) is 16.9. The summed E-state index contributed by atoms with van der Waals surface area (Å²) in [6.45, 7) is 0. The first kappa shape index (κ1) is 46.0. The average molecular weight is 788 g/mol. The molecule has 3 aromatic heterocycles. The highest BCUT2D eigenvalue weighted by atomic mass is 35.5. The van der Waals surface area contributed by atoms with E-state index in [0.717, 1.165) is 0 Å². The third-order valence-electron chi connectivity index (χ3n) is 7.28. The van der Waals surface area contributed by atoms with Crippen molar-refractivity contribution >= 4 is 75.8 Å². The van der Waals surface area contributed by atoms with Crippen LogP contribution in [0.5, 0.6) is 0 Å². The summed E-state index contributed by atoms with van der Waals surface area (Å²) in [5.74, 6) is -0.960. The number of nitrogens with two attached hydrogens (primary N) is 1. The smallest absolute Gasteiger partial charge is 0.287 e. The number of halogens is 3. The summed E-state index contributed by atoms with van der Waals surface area (Å²) in [6, 6.07) is 7.86. The number of furan rings is 3. The predicted molar refractivity (Wildman–Crippen MR) is 189 cm³/mol. The van der Waals surface area contributed by atoms with E-state index in [-0.39, 0.29) is 97.1 Å². The van der Waals surface area contributed by atoms with Crippen LogP contribution in [0.25, 0.3) is 0 Å². The molecule has 15 nitrogen and oxygen atoms in total. The Bertz CT molecular complexity index is 1600. The summed E-state index contributed by atoms with van der Waals surface area (Å²) < 4.78 is 29.9. The zero-order valence-electron chi connectivity index (χ0n) is 28.6. The second-order valence-corrected chi connectivity index (χ2v) is 11.4. The molecule has 0 spiro atoms. The maximum absolute atomic E-state index is 11.6. The number of Topliss-reactive ketones (excluding diaryl/α,β-unsaturated/α-hetero) is 6. The SMILES string of the molecule is C.Cl.NC1CCC(=O)CC1=O.O=C(Cl)c1ccco1.O=C1CCC(NC(=O)c2ccco2)C(=O)C1.O=C1CCC(NC(=O)c2ccco2)C(=O)C1.[2H]CF. The van der Waals surface area contributed by atoms with Gasteiger partial charge in [0, 0.05) is 19.3 Å². The van der Waals surface area contributed by atoms with E-state index in [4.69, 9.17) is 27.5 Å². The highest BCUT2D eigenvalue weighted by Gasteiger charge is 2.30. The molecule has 3 heterocycles.